The molecule has 0 radical (unpaired) electrons. The molecule has 258 valence electrons. The van der Waals surface area contributed by atoms with Crippen LogP contribution in [0.4, 0.5) is 0 Å². The van der Waals surface area contributed by atoms with Gasteiger partial charge in [-0.25, -0.2) is 15.0 Å². The molecule has 1 heterocycles. The predicted octanol–water partition coefficient (Wildman–Crippen LogP) is 11.8. The van der Waals surface area contributed by atoms with E-state index >= 15 is 0 Å². The summed E-state index contributed by atoms with van der Waals surface area (Å²) in [5, 5.41) is 10.0. The van der Waals surface area contributed by atoms with Gasteiger partial charge in [0.25, 0.3) is 0 Å². The van der Waals surface area contributed by atoms with E-state index in [1.165, 1.54) is 59.9 Å². The van der Waals surface area contributed by atoms with Crippen LogP contribution in [0.5, 0.6) is 0 Å². The highest BCUT2D eigenvalue weighted by molar-refractivity contribution is 5.88. The molecule has 0 atom stereocenters. The van der Waals surface area contributed by atoms with E-state index in [0.29, 0.717) is 29.3 Å². The lowest BCUT2D eigenvalue weighted by Crippen LogP contribution is -2.55. The molecule has 5 aliphatic carbocycles. The van der Waals surface area contributed by atoms with Gasteiger partial charge >= 0.3 is 0 Å². The Morgan fingerprint density at radius 3 is 1.65 bits per heavy atom. The molecule has 0 unspecified atom stereocenters. The van der Waals surface area contributed by atoms with Crippen molar-refractivity contribution in [3.63, 3.8) is 0 Å². The molecule has 1 spiro atoms. The third-order valence-electron chi connectivity index (χ3n) is 13.2. The molecule has 4 fully saturated rings. The monoisotopic (exact) mass is 694 g/mol. The minimum atomic E-state index is 0.0304. The van der Waals surface area contributed by atoms with Gasteiger partial charge in [-0.1, -0.05) is 121 Å². The van der Waals surface area contributed by atoms with Crippen LogP contribution >= 0.6 is 0 Å². The highest BCUT2D eigenvalue weighted by Crippen LogP contribution is 2.69. The smallest absolute Gasteiger partial charge is 0.164 e. The van der Waals surface area contributed by atoms with E-state index in [2.05, 4.69) is 78.9 Å². The van der Waals surface area contributed by atoms with Crippen molar-refractivity contribution in [2.24, 2.45) is 23.7 Å². The van der Waals surface area contributed by atoms with Crippen LogP contribution in [0.3, 0.4) is 0 Å². The molecular weight excluding hydrogens is 657 g/mol. The molecule has 12 rings (SSSR count). The van der Waals surface area contributed by atoms with Crippen molar-refractivity contribution in [3.8, 4) is 73.6 Å². The Morgan fingerprint density at radius 2 is 0.981 bits per heavy atom. The van der Waals surface area contributed by atoms with Gasteiger partial charge in [0.15, 0.2) is 17.5 Å². The van der Waals surface area contributed by atoms with Crippen molar-refractivity contribution in [1.82, 2.24) is 15.0 Å². The summed E-state index contributed by atoms with van der Waals surface area (Å²) < 4.78 is 0. The Morgan fingerprint density at radius 1 is 0.426 bits per heavy atom. The van der Waals surface area contributed by atoms with Crippen LogP contribution in [0, 0.1) is 35.0 Å². The van der Waals surface area contributed by atoms with E-state index in [1.807, 2.05) is 72.8 Å². The summed E-state index contributed by atoms with van der Waals surface area (Å²) in [6.07, 6.45) is 6.74. The summed E-state index contributed by atoms with van der Waals surface area (Å²) in [5.41, 5.74) is 13.9. The summed E-state index contributed by atoms with van der Waals surface area (Å²) >= 11 is 0. The van der Waals surface area contributed by atoms with Crippen molar-refractivity contribution in [3.05, 3.63) is 162 Å². The Labute approximate surface area is 316 Å². The number of rotatable bonds is 5. The molecule has 0 saturated heterocycles. The highest BCUT2D eigenvalue weighted by atomic mass is 15.0. The lowest BCUT2D eigenvalue weighted by molar-refractivity contribution is -0.0399. The fourth-order valence-electron chi connectivity index (χ4n) is 11.2. The van der Waals surface area contributed by atoms with Gasteiger partial charge in [-0.3, -0.25) is 0 Å². The van der Waals surface area contributed by atoms with E-state index < -0.39 is 0 Å². The van der Waals surface area contributed by atoms with E-state index in [4.69, 9.17) is 15.0 Å². The SMILES string of the molecule is N#Cc1ccccc1-c1ccc2c(c1)C1(c3ccc(-c4cccc(-c5nc(-c6ccccc6)nc(-c6ccccc6)n5)c4)cc3-2)C2CC3CC(C2)CC1C3. The molecule has 0 aliphatic heterocycles. The lowest BCUT2D eigenvalue weighted by atomic mass is 9.43. The molecule has 6 aromatic carbocycles. The fraction of sp³-hybridized carbons (Fsp3) is 0.200. The maximum absolute atomic E-state index is 10.0. The number of benzene rings is 6. The van der Waals surface area contributed by atoms with Gasteiger partial charge < -0.3 is 0 Å². The number of nitrogens with zero attached hydrogens (tertiary/aromatic N) is 4. The molecule has 4 saturated carbocycles. The van der Waals surface area contributed by atoms with Crippen LogP contribution in [0.1, 0.15) is 48.8 Å². The molecule has 5 aliphatic rings. The van der Waals surface area contributed by atoms with Crippen molar-refractivity contribution < 1.29 is 0 Å². The molecular formula is C50H38N4. The summed E-state index contributed by atoms with van der Waals surface area (Å²) in [6.45, 7) is 0. The van der Waals surface area contributed by atoms with Gasteiger partial charge in [-0.2, -0.15) is 5.26 Å². The summed E-state index contributed by atoms with van der Waals surface area (Å²) in [7, 11) is 0. The van der Waals surface area contributed by atoms with Crippen molar-refractivity contribution >= 4 is 0 Å². The number of hydrogen-bond donors (Lipinski definition) is 0. The topological polar surface area (TPSA) is 62.5 Å². The van der Waals surface area contributed by atoms with Crippen molar-refractivity contribution in [2.75, 3.05) is 0 Å². The van der Waals surface area contributed by atoms with Crippen LogP contribution in [0.25, 0.3) is 67.5 Å². The highest BCUT2D eigenvalue weighted by Gasteiger charge is 2.61. The molecule has 4 bridgehead atoms. The third kappa shape index (κ3) is 4.78. The van der Waals surface area contributed by atoms with E-state index in [1.54, 1.807) is 0 Å². The molecule has 0 N–H and O–H groups in total. The largest absolute Gasteiger partial charge is 0.208 e. The second kappa shape index (κ2) is 12.2. The normalized spacial score (nSPS) is 22.9. The van der Waals surface area contributed by atoms with Gasteiger partial charge in [-0.05, 0) is 125 Å². The average Bonchev–Trinajstić information content (AvgIpc) is 3.52. The van der Waals surface area contributed by atoms with Gasteiger partial charge in [0.2, 0.25) is 0 Å². The van der Waals surface area contributed by atoms with Gasteiger partial charge in [-0.15, -0.1) is 0 Å². The maximum atomic E-state index is 10.0. The van der Waals surface area contributed by atoms with E-state index in [9.17, 15) is 5.26 Å². The summed E-state index contributed by atoms with van der Waals surface area (Å²) in [5.74, 6) is 5.05. The molecule has 1 aromatic heterocycles. The van der Waals surface area contributed by atoms with Crippen molar-refractivity contribution in [1.29, 1.82) is 5.26 Å². The van der Waals surface area contributed by atoms with Crippen LogP contribution in [0.15, 0.2) is 146 Å². The summed E-state index contributed by atoms with van der Waals surface area (Å²) in [4.78, 5) is 15.0. The number of fused-ring (bicyclic) bond motifs is 3. The first-order valence-electron chi connectivity index (χ1n) is 19.4. The zero-order chi connectivity index (χ0) is 35.8. The second-order valence-corrected chi connectivity index (χ2v) is 16.0. The Hall–Kier alpha value is -6.18. The Bertz CT molecular complexity index is 2550. The zero-order valence-electron chi connectivity index (χ0n) is 30.0. The number of aromatic nitrogens is 3. The Kier molecular flexibility index (Phi) is 7.07. The number of hydrogen-bond acceptors (Lipinski definition) is 4. The predicted molar refractivity (Wildman–Crippen MR) is 215 cm³/mol. The first-order valence-corrected chi connectivity index (χ1v) is 19.4. The van der Waals surface area contributed by atoms with Gasteiger partial charge in [0.05, 0.1) is 11.6 Å². The molecule has 4 nitrogen and oxygen atoms in total. The minimum absolute atomic E-state index is 0.0304. The zero-order valence-corrected chi connectivity index (χ0v) is 30.0. The minimum Gasteiger partial charge on any atom is -0.208 e. The average molecular weight is 695 g/mol. The number of nitriles is 1. The van der Waals surface area contributed by atoms with Crippen molar-refractivity contribution in [2.45, 2.75) is 37.5 Å². The van der Waals surface area contributed by atoms with Crippen LogP contribution < -0.4 is 0 Å². The molecule has 7 aromatic rings. The summed E-state index contributed by atoms with van der Waals surface area (Å²) in [6, 6.07) is 53.9. The third-order valence-corrected chi connectivity index (χ3v) is 13.2. The van der Waals surface area contributed by atoms with Crippen LogP contribution in [-0.4, -0.2) is 15.0 Å². The van der Waals surface area contributed by atoms with Crippen LogP contribution in [0.2, 0.25) is 0 Å². The first kappa shape index (κ1) is 31.4. The van der Waals surface area contributed by atoms with E-state index in [0.717, 1.165) is 50.8 Å². The van der Waals surface area contributed by atoms with Gasteiger partial charge in [0, 0.05) is 22.1 Å². The quantitative estimate of drug-likeness (QED) is 0.180. The molecule has 0 amide bonds. The first-order chi connectivity index (χ1) is 26.7. The molecule has 4 heteroatoms. The maximum Gasteiger partial charge on any atom is 0.164 e. The lowest BCUT2D eigenvalue weighted by Gasteiger charge is -2.61. The molecule has 54 heavy (non-hydrogen) atoms. The van der Waals surface area contributed by atoms with E-state index in [-0.39, 0.29) is 5.41 Å². The second-order valence-electron chi connectivity index (χ2n) is 16.0. The Balaban J connectivity index is 1.05. The van der Waals surface area contributed by atoms with Gasteiger partial charge in [0.1, 0.15) is 0 Å². The fourth-order valence-corrected chi connectivity index (χ4v) is 11.2. The standard InChI is InChI=1S/C50H38N4/c51-30-39-14-7-8-17-42(39)37-18-20-43-44-28-36(19-21-45(44)50(46(43)29-37)40-23-31-22-32(25-40)26-41(50)24-31)35-15-9-16-38(27-35)49-53-47(33-10-3-1-4-11-33)52-48(54-49)34-12-5-2-6-13-34/h1-21,27-29,31-32,40-41H,22-26H2. The van der Waals surface area contributed by atoms with Crippen LogP contribution in [-0.2, 0) is 5.41 Å².